The fourth-order valence-electron chi connectivity index (χ4n) is 2.97. The van der Waals surface area contributed by atoms with Crippen molar-refractivity contribution in [1.29, 1.82) is 0 Å². The second-order valence-corrected chi connectivity index (χ2v) is 5.91. The minimum absolute atomic E-state index is 0.293. The van der Waals surface area contributed by atoms with Crippen LogP contribution in [0.2, 0.25) is 0 Å². The lowest BCUT2D eigenvalue weighted by molar-refractivity contribution is 0.135. The van der Waals surface area contributed by atoms with Gasteiger partial charge in [-0.05, 0) is 26.6 Å². The summed E-state index contributed by atoms with van der Waals surface area (Å²) in [5.41, 5.74) is 0. The van der Waals surface area contributed by atoms with Crippen LogP contribution in [0.25, 0.3) is 0 Å². The van der Waals surface area contributed by atoms with E-state index in [1.165, 1.54) is 52.2 Å². The van der Waals surface area contributed by atoms with E-state index >= 15 is 0 Å². The van der Waals surface area contributed by atoms with Crippen LogP contribution in [0.4, 0.5) is 0 Å². The number of aliphatic hydroxyl groups is 1. The number of aliphatic hydroxyl groups excluding tert-OH is 1. The summed E-state index contributed by atoms with van der Waals surface area (Å²) in [5.74, 6) is 0. The lowest BCUT2D eigenvalue weighted by Gasteiger charge is -2.33. The summed E-state index contributed by atoms with van der Waals surface area (Å²) < 4.78 is 0. The number of hydrogen-bond acceptors (Lipinski definition) is 5. The highest BCUT2D eigenvalue weighted by atomic mass is 16.3. The van der Waals surface area contributed by atoms with Crippen molar-refractivity contribution in [2.75, 3.05) is 85.6 Å². The highest BCUT2D eigenvalue weighted by Gasteiger charge is 2.17. The molecule has 2 fully saturated rings. The smallest absolute Gasteiger partial charge is 0.0558 e. The topological polar surface area (TPSA) is 33.2 Å². The molecule has 2 aliphatic rings. The van der Waals surface area contributed by atoms with Crippen LogP contribution >= 0.6 is 0 Å². The van der Waals surface area contributed by atoms with Crippen LogP contribution in [0.5, 0.6) is 0 Å². The van der Waals surface area contributed by atoms with Crippen LogP contribution in [0, 0.1) is 0 Å². The molecule has 1 N–H and O–H groups in total. The van der Waals surface area contributed by atoms with Crippen molar-refractivity contribution in [3.63, 3.8) is 0 Å². The fourth-order valence-corrected chi connectivity index (χ4v) is 2.97. The standard InChI is InChI=1S/C14H30N4O/c1-15-5-7-18(8-6-15)12-10-16-3-2-4-17(11-9-16)13-14-19/h19H,2-14H2,1H3. The molecule has 0 bridgehead atoms. The van der Waals surface area contributed by atoms with E-state index in [1.807, 2.05) is 0 Å². The van der Waals surface area contributed by atoms with Gasteiger partial charge in [0.15, 0.2) is 0 Å². The number of hydrogen-bond donors (Lipinski definition) is 1. The molecule has 112 valence electrons. The summed E-state index contributed by atoms with van der Waals surface area (Å²) in [5, 5.41) is 9.01. The van der Waals surface area contributed by atoms with Gasteiger partial charge in [0.05, 0.1) is 6.61 Å². The Labute approximate surface area is 117 Å². The predicted molar refractivity (Wildman–Crippen MR) is 78.5 cm³/mol. The first-order chi connectivity index (χ1) is 9.28. The Morgan fingerprint density at radius 2 is 1.16 bits per heavy atom. The number of rotatable bonds is 5. The van der Waals surface area contributed by atoms with Gasteiger partial charge in [-0.15, -0.1) is 0 Å². The van der Waals surface area contributed by atoms with Crippen molar-refractivity contribution < 1.29 is 5.11 Å². The summed E-state index contributed by atoms with van der Waals surface area (Å²) in [4.78, 5) is 9.98. The minimum Gasteiger partial charge on any atom is -0.395 e. The van der Waals surface area contributed by atoms with E-state index in [9.17, 15) is 0 Å². The summed E-state index contributed by atoms with van der Waals surface area (Å²) in [6.45, 7) is 13.1. The molecule has 0 aromatic carbocycles. The highest BCUT2D eigenvalue weighted by molar-refractivity contribution is 4.73. The molecule has 2 heterocycles. The maximum atomic E-state index is 9.01. The summed E-state index contributed by atoms with van der Waals surface area (Å²) in [7, 11) is 2.21. The molecule has 2 aliphatic heterocycles. The van der Waals surface area contributed by atoms with Gasteiger partial charge in [0.1, 0.15) is 0 Å². The minimum atomic E-state index is 0.293. The molecule has 0 saturated carbocycles. The van der Waals surface area contributed by atoms with E-state index in [4.69, 9.17) is 5.11 Å². The molecule has 0 spiro atoms. The Bertz CT molecular complexity index is 244. The zero-order chi connectivity index (χ0) is 13.5. The van der Waals surface area contributed by atoms with Gasteiger partial charge >= 0.3 is 0 Å². The lowest BCUT2D eigenvalue weighted by Crippen LogP contribution is -2.47. The van der Waals surface area contributed by atoms with Crippen LogP contribution < -0.4 is 0 Å². The van der Waals surface area contributed by atoms with E-state index in [0.29, 0.717) is 6.61 Å². The van der Waals surface area contributed by atoms with Crippen molar-refractivity contribution in [2.45, 2.75) is 6.42 Å². The third-order valence-corrected chi connectivity index (χ3v) is 4.43. The second kappa shape index (κ2) is 8.17. The van der Waals surface area contributed by atoms with Gasteiger partial charge in [0.2, 0.25) is 0 Å². The predicted octanol–water partition coefficient (Wildman–Crippen LogP) is -0.766. The van der Waals surface area contributed by atoms with E-state index in [0.717, 1.165) is 26.2 Å². The summed E-state index contributed by atoms with van der Waals surface area (Å²) >= 11 is 0. The van der Waals surface area contributed by atoms with Crippen LogP contribution in [0.3, 0.4) is 0 Å². The van der Waals surface area contributed by atoms with Gasteiger partial charge < -0.3 is 14.9 Å². The largest absolute Gasteiger partial charge is 0.395 e. The van der Waals surface area contributed by atoms with Gasteiger partial charge in [-0.25, -0.2) is 0 Å². The maximum absolute atomic E-state index is 9.01. The third kappa shape index (κ3) is 5.36. The van der Waals surface area contributed by atoms with Crippen LogP contribution in [-0.2, 0) is 0 Å². The Hall–Kier alpha value is -0.200. The first-order valence-electron chi connectivity index (χ1n) is 7.74. The molecule has 2 saturated heterocycles. The molecule has 0 atom stereocenters. The third-order valence-electron chi connectivity index (χ3n) is 4.43. The molecule has 0 aliphatic carbocycles. The second-order valence-electron chi connectivity index (χ2n) is 5.91. The number of piperazine rings is 1. The van der Waals surface area contributed by atoms with E-state index in [1.54, 1.807) is 0 Å². The summed E-state index contributed by atoms with van der Waals surface area (Å²) in [6.07, 6.45) is 1.24. The first kappa shape index (κ1) is 15.2. The van der Waals surface area contributed by atoms with E-state index in [-0.39, 0.29) is 0 Å². The fraction of sp³-hybridized carbons (Fsp3) is 1.00. The Morgan fingerprint density at radius 1 is 0.684 bits per heavy atom. The quantitative estimate of drug-likeness (QED) is 0.710. The molecule has 5 nitrogen and oxygen atoms in total. The molecule has 0 aromatic rings. The first-order valence-corrected chi connectivity index (χ1v) is 7.74. The normalized spacial score (nSPS) is 25.6. The van der Waals surface area contributed by atoms with E-state index < -0.39 is 0 Å². The van der Waals surface area contributed by atoms with Crippen LogP contribution in [0.15, 0.2) is 0 Å². The van der Waals surface area contributed by atoms with Gasteiger partial charge in [0.25, 0.3) is 0 Å². The highest BCUT2D eigenvalue weighted by Crippen LogP contribution is 2.04. The van der Waals surface area contributed by atoms with Crippen LogP contribution in [0.1, 0.15) is 6.42 Å². The molecule has 0 amide bonds. The molecular weight excluding hydrogens is 240 g/mol. The molecule has 0 radical (unpaired) electrons. The number of β-amino-alcohol motifs (C(OH)–C–C–N with tert-alkyl or cyclic N) is 1. The van der Waals surface area contributed by atoms with Crippen molar-refractivity contribution >= 4 is 0 Å². The average molecular weight is 270 g/mol. The zero-order valence-electron chi connectivity index (χ0n) is 12.4. The zero-order valence-corrected chi connectivity index (χ0v) is 12.4. The summed E-state index contributed by atoms with van der Waals surface area (Å²) in [6, 6.07) is 0. The van der Waals surface area contributed by atoms with Gasteiger partial charge in [0, 0.05) is 58.9 Å². The molecular formula is C14H30N4O. The van der Waals surface area contributed by atoms with Gasteiger partial charge in [-0.2, -0.15) is 0 Å². The average Bonchev–Trinajstić information content (AvgIpc) is 2.64. The number of likely N-dealkylation sites (N-methyl/N-ethyl adjacent to an activating group) is 1. The van der Waals surface area contributed by atoms with Crippen molar-refractivity contribution in [3.05, 3.63) is 0 Å². The van der Waals surface area contributed by atoms with E-state index in [2.05, 4.69) is 26.6 Å². The molecule has 19 heavy (non-hydrogen) atoms. The number of nitrogens with zero attached hydrogens (tertiary/aromatic N) is 4. The molecule has 2 rings (SSSR count). The van der Waals surface area contributed by atoms with Crippen molar-refractivity contribution in [1.82, 2.24) is 19.6 Å². The Balaban J connectivity index is 1.63. The lowest BCUT2D eigenvalue weighted by atomic mass is 10.3. The Morgan fingerprint density at radius 3 is 1.74 bits per heavy atom. The van der Waals surface area contributed by atoms with Crippen molar-refractivity contribution in [2.24, 2.45) is 0 Å². The van der Waals surface area contributed by atoms with Gasteiger partial charge in [-0.1, -0.05) is 0 Å². The molecule has 5 heteroatoms. The Kier molecular flexibility index (Phi) is 6.53. The van der Waals surface area contributed by atoms with Crippen molar-refractivity contribution in [3.8, 4) is 0 Å². The monoisotopic (exact) mass is 270 g/mol. The SMILES string of the molecule is CN1CCN(CCN2CCCN(CCO)CC2)CC1. The van der Waals surface area contributed by atoms with Crippen LogP contribution in [-0.4, -0.2) is 110 Å². The molecule has 0 aromatic heterocycles. The van der Waals surface area contributed by atoms with Gasteiger partial charge in [-0.3, -0.25) is 9.80 Å². The molecule has 0 unspecified atom stereocenters. The maximum Gasteiger partial charge on any atom is 0.0558 e.